The second-order valence-electron chi connectivity index (χ2n) is 6.50. The van der Waals surface area contributed by atoms with E-state index in [9.17, 15) is 14.9 Å². The number of methoxy groups -OCH3 is 1. The lowest BCUT2D eigenvalue weighted by Crippen LogP contribution is -2.19. The maximum atomic E-state index is 12.1. The summed E-state index contributed by atoms with van der Waals surface area (Å²) in [6.07, 6.45) is 1.42. The summed E-state index contributed by atoms with van der Waals surface area (Å²) in [5.41, 5.74) is 3.33. The fourth-order valence-electron chi connectivity index (χ4n) is 3.01. The molecule has 0 saturated carbocycles. The molecule has 10 nitrogen and oxygen atoms in total. The molecule has 0 aliphatic carbocycles. The van der Waals surface area contributed by atoms with Crippen LogP contribution in [0.4, 0.5) is 5.69 Å². The Bertz CT molecular complexity index is 1170. The number of nitro benzene ring substituents is 1. The van der Waals surface area contributed by atoms with Gasteiger partial charge in [-0.25, -0.2) is 5.43 Å². The lowest BCUT2D eigenvalue weighted by molar-refractivity contribution is -0.384. The normalized spacial score (nSPS) is 12.2. The van der Waals surface area contributed by atoms with Crippen LogP contribution in [-0.4, -0.2) is 30.9 Å². The third kappa shape index (κ3) is 4.47. The van der Waals surface area contributed by atoms with Crippen molar-refractivity contribution in [3.8, 4) is 28.6 Å². The van der Waals surface area contributed by atoms with E-state index >= 15 is 0 Å². The molecule has 1 aliphatic heterocycles. The number of nitro groups is 1. The number of nitrogens with one attached hydrogen (secondary N) is 1. The van der Waals surface area contributed by atoms with Gasteiger partial charge in [-0.3, -0.25) is 14.9 Å². The summed E-state index contributed by atoms with van der Waals surface area (Å²) in [6, 6.07) is 12.9. The zero-order chi connectivity index (χ0) is 21.8. The van der Waals surface area contributed by atoms with Crippen LogP contribution in [0.3, 0.4) is 0 Å². The minimum atomic E-state index is -0.509. The second-order valence-corrected chi connectivity index (χ2v) is 6.50. The molecule has 0 spiro atoms. The number of carbonyl (C=O) groups excluding carboxylic acids is 1. The first kappa shape index (κ1) is 20.0. The van der Waals surface area contributed by atoms with Crippen molar-refractivity contribution in [1.82, 2.24) is 5.43 Å². The Kier molecular flexibility index (Phi) is 5.52. The van der Waals surface area contributed by atoms with Gasteiger partial charge in [-0.15, -0.1) is 0 Å². The van der Waals surface area contributed by atoms with Crippen molar-refractivity contribution in [1.29, 1.82) is 0 Å². The Hall–Kier alpha value is -4.34. The molecule has 1 N–H and O–H groups in total. The molecule has 31 heavy (non-hydrogen) atoms. The molecule has 1 amide bonds. The van der Waals surface area contributed by atoms with Crippen molar-refractivity contribution in [2.24, 2.45) is 5.10 Å². The lowest BCUT2D eigenvalue weighted by Gasteiger charge is -2.03. The number of carbonyl (C=O) groups is 1. The number of ether oxygens (including phenoxy) is 3. The molecule has 0 saturated heterocycles. The largest absolute Gasteiger partial charge is 0.497 e. The highest BCUT2D eigenvalue weighted by molar-refractivity contribution is 5.82. The average Bonchev–Trinajstić information content (AvgIpc) is 3.42. The van der Waals surface area contributed by atoms with E-state index in [0.29, 0.717) is 34.3 Å². The topological polar surface area (TPSA) is 125 Å². The van der Waals surface area contributed by atoms with E-state index in [4.69, 9.17) is 18.6 Å². The van der Waals surface area contributed by atoms with E-state index in [2.05, 4.69) is 10.5 Å². The first-order chi connectivity index (χ1) is 15.0. The lowest BCUT2D eigenvalue weighted by atomic mass is 10.1. The van der Waals surface area contributed by atoms with E-state index < -0.39 is 4.92 Å². The molecule has 1 aliphatic rings. The maximum Gasteiger partial charge on any atom is 0.284 e. The van der Waals surface area contributed by atoms with Gasteiger partial charge in [0.2, 0.25) is 12.7 Å². The highest BCUT2D eigenvalue weighted by Gasteiger charge is 2.19. The van der Waals surface area contributed by atoms with Crippen LogP contribution >= 0.6 is 0 Å². The van der Waals surface area contributed by atoms with Gasteiger partial charge < -0.3 is 18.6 Å². The predicted octanol–water partition coefficient (Wildman–Crippen LogP) is 3.28. The minimum Gasteiger partial charge on any atom is -0.497 e. The van der Waals surface area contributed by atoms with Gasteiger partial charge >= 0.3 is 0 Å². The Balaban J connectivity index is 1.40. The van der Waals surface area contributed by atoms with Crippen molar-refractivity contribution in [3.63, 3.8) is 0 Å². The van der Waals surface area contributed by atoms with Gasteiger partial charge in [0.25, 0.3) is 5.69 Å². The fraction of sp³-hybridized carbons (Fsp3) is 0.143. The van der Waals surface area contributed by atoms with Crippen molar-refractivity contribution in [2.45, 2.75) is 6.42 Å². The van der Waals surface area contributed by atoms with Crippen molar-refractivity contribution < 1.29 is 28.3 Å². The molecule has 1 aromatic heterocycles. The monoisotopic (exact) mass is 423 g/mol. The van der Waals surface area contributed by atoms with Gasteiger partial charge in [0, 0.05) is 0 Å². The number of rotatable bonds is 7. The highest BCUT2D eigenvalue weighted by Crippen LogP contribution is 2.34. The van der Waals surface area contributed by atoms with Crippen LogP contribution in [0.15, 0.2) is 58.0 Å². The second kappa shape index (κ2) is 8.57. The number of hydrogen-bond acceptors (Lipinski definition) is 8. The van der Waals surface area contributed by atoms with E-state index in [1.54, 1.807) is 42.5 Å². The molecule has 0 fully saturated rings. The first-order valence-corrected chi connectivity index (χ1v) is 9.16. The molecule has 2 aromatic carbocycles. The van der Waals surface area contributed by atoms with Crippen LogP contribution in [0.1, 0.15) is 11.3 Å². The molecule has 10 heteroatoms. The molecule has 0 radical (unpaired) electrons. The van der Waals surface area contributed by atoms with E-state index in [0.717, 1.165) is 5.56 Å². The Morgan fingerprint density at radius 2 is 2.03 bits per heavy atom. The third-order valence-electron chi connectivity index (χ3n) is 4.48. The molecular weight excluding hydrogens is 406 g/mol. The number of fused-ring (bicyclic) bond motifs is 1. The Morgan fingerprint density at radius 3 is 2.84 bits per heavy atom. The Morgan fingerprint density at radius 1 is 1.19 bits per heavy atom. The summed E-state index contributed by atoms with van der Waals surface area (Å²) in [5.74, 6) is 1.91. The van der Waals surface area contributed by atoms with Gasteiger partial charge in [0.1, 0.15) is 17.3 Å². The number of hydrazone groups is 1. The summed E-state index contributed by atoms with van der Waals surface area (Å²) in [5, 5.41) is 15.2. The van der Waals surface area contributed by atoms with Crippen LogP contribution in [0.25, 0.3) is 11.3 Å². The quantitative estimate of drug-likeness (QED) is 0.351. The third-order valence-corrected chi connectivity index (χ3v) is 4.48. The van der Waals surface area contributed by atoms with Gasteiger partial charge in [0.15, 0.2) is 11.5 Å². The highest BCUT2D eigenvalue weighted by atomic mass is 16.7. The van der Waals surface area contributed by atoms with E-state index in [-0.39, 0.29) is 24.8 Å². The average molecular weight is 423 g/mol. The van der Waals surface area contributed by atoms with Crippen LogP contribution in [-0.2, 0) is 11.2 Å². The van der Waals surface area contributed by atoms with Crippen LogP contribution in [0, 0.1) is 10.1 Å². The van der Waals surface area contributed by atoms with Crippen molar-refractivity contribution in [3.05, 3.63) is 70.0 Å². The number of nitrogens with zero attached hydrogens (tertiary/aromatic N) is 2. The zero-order valence-electron chi connectivity index (χ0n) is 16.4. The summed E-state index contributed by atoms with van der Waals surface area (Å²) in [6.45, 7) is 0.167. The summed E-state index contributed by atoms with van der Waals surface area (Å²) in [7, 11) is 1.43. The van der Waals surface area contributed by atoms with Crippen LogP contribution in [0.5, 0.6) is 17.2 Å². The van der Waals surface area contributed by atoms with Crippen molar-refractivity contribution >= 4 is 17.8 Å². The number of furan rings is 1. The first-order valence-electron chi connectivity index (χ1n) is 9.16. The zero-order valence-corrected chi connectivity index (χ0v) is 16.4. The molecule has 4 rings (SSSR count). The molecule has 0 bridgehead atoms. The molecule has 0 unspecified atom stereocenters. The van der Waals surface area contributed by atoms with Gasteiger partial charge in [-0.1, -0.05) is 6.07 Å². The number of benzene rings is 2. The summed E-state index contributed by atoms with van der Waals surface area (Å²) < 4.78 is 21.2. The van der Waals surface area contributed by atoms with Crippen molar-refractivity contribution in [2.75, 3.05) is 13.9 Å². The molecule has 2 heterocycles. The SMILES string of the molecule is COc1ccc(-c2ccc(C=NNC(=O)Cc3ccc4c(c3)OCO4)o2)c([N+](=O)[O-])c1. The molecule has 158 valence electrons. The molecular formula is C21H17N3O7. The number of amides is 1. The van der Waals surface area contributed by atoms with Gasteiger partial charge in [-0.2, -0.15) is 5.10 Å². The fourth-order valence-corrected chi connectivity index (χ4v) is 3.01. The molecule has 0 atom stereocenters. The molecule has 3 aromatic rings. The smallest absolute Gasteiger partial charge is 0.284 e. The van der Waals surface area contributed by atoms with E-state index in [1.165, 1.54) is 19.4 Å². The van der Waals surface area contributed by atoms with Gasteiger partial charge in [-0.05, 0) is 42.0 Å². The Labute approximate surface area is 176 Å². The van der Waals surface area contributed by atoms with Crippen LogP contribution in [0.2, 0.25) is 0 Å². The maximum absolute atomic E-state index is 12.1. The van der Waals surface area contributed by atoms with Crippen LogP contribution < -0.4 is 19.6 Å². The number of hydrogen-bond donors (Lipinski definition) is 1. The van der Waals surface area contributed by atoms with Gasteiger partial charge in [0.05, 0.1) is 36.3 Å². The summed E-state index contributed by atoms with van der Waals surface area (Å²) in [4.78, 5) is 22.9. The summed E-state index contributed by atoms with van der Waals surface area (Å²) >= 11 is 0. The standard InChI is InChI=1S/C21H17N3O7/c1-28-14-3-5-16(17(10-14)24(26)27)18-7-4-15(31-18)11-22-23-21(25)9-13-2-6-19-20(8-13)30-12-29-19/h2-8,10-11H,9,12H2,1H3,(H,23,25). The predicted molar refractivity (Wildman–Crippen MR) is 109 cm³/mol. The van der Waals surface area contributed by atoms with E-state index in [1.807, 2.05) is 0 Å². The minimum absolute atomic E-state index is 0.107.